The van der Waals surface area contributed by atoms with Crippen molar-refractivity contribution in [2.24, 2.45) is 10.7 Å². The molecule has 0 aliphatic carbocycles. The Morgan fingerprint density at radius 1 is 1.27 bits per heavy atom. The topological polar surface area (TPSA) is 97.0 Å². The summed E-state index contributed by atoms with van der Waals surface area (Å²) in [4.78, 5) is 4.32. The van der Waals surface area contributed by atoms with Gasteiger partial charge in [0.1, 0.15) is 0 Å². The van der Waals surface area contributed by atoms with E-state index in [-0.39, 0.29) is 29.7 Å². The van der Waals surface area contributed by atoms with E-state index in [1.165, 1.54) is 4.31 Å². The van der Waals surface area contributed by atoms with Crippen LogP contribution in [0.4, 0.5) is 0 Å². The summed E-state index contributed by atoms with van der Waals surface area (Å²) in [6.45, 7) is 4.99. The molecule has 1 aliphatic heterocycles. The predicted octanol–water partition coefficient (Wildman–Crippen LogP) is 1.67. The van der Waals surface area contributed by atoms with Crippen molar-refractivity contribution in [2.75, 3.05) is 32.8 Å². The normalized spacial score (nSPS) is 16.1. The molecule has 1 heterocycles. The molecule has 2 rings (SSSR count). The van der Waals surface area contributed by atoms with E-state index >= 15 is 0 Å². The van der Waals surface area contributed by atoms with Gasteiger partial charge in [0.25, 0.3) is 0 Å². The van der Waals surface area contributed by atoms with Gasteiger partial charge in [0.15, 0.2) is 5.96 Å². The molecule has 1 saturated heterocycles. The second kappa shape index (κ2) is 11.7. The van der Waals surface area contributed by atoms with E-state index in [0.29, 0.717) is 38.8 Å². The summed E-state index contributed by atoms with van der Waals surface area (Å²) in [5, 5.41) is 3.06. The number of hydrogen-bond acceptors (Lipinski definition) is 4. The van der Waals surface area contributed by atoms with E-state index < -0.39 is 10.0 Å². The van der Waals surface area contributed by atoms with Crippen LogP contribution >= 0.6 is 24.0 Å². The van der Waals surface area contributed by atoms with Gasteiger partial charge >= 0.3 is 0 Å². The molecule has 0 unspecified atom stereocenters. The Labute approximate surface area is 173 Å². The molecule has 7 nitrogen and oxygen atoms in total. The molecule has 26 heavy (non-hydrogen) atoms. The summed E-state index contributed by atoms with van der Waals surface area (Å²) in [6, 6.07) is 7.47. The predicted molar refractivity (Wildman–Crippen MR) is 115 cm³/mol. The van der Waals surface area contributed by atoms with E-state index in [1.54, 1.807) is 0 Å². The standard InChI is InChI=1S/C17H28N4O3S.HI/c1-2-3-8-19-17(18)20-13-15-6-4-5-7-16(15)14-25(22,23)21-9-11-24-12-10-21;/h4-7H,2-3,8-14H2,1H3,(H3,18,19,20);1H. The molecule has 0 saturated carbocycles. The van der Waals surface area contributed by atoms with Crippen LogP contribution < -0.4 is 11.1 Å². The zero-order chi connectivity index (χ0) is 18.1. The first-order valence-electron chi connectivity index (χ1n) is 8.69. The smallest absolute Gasteiger partial charge is 0.218 e. The Morgan fingerprint density at radius 3 is 2.58 bits per heavy atom. The highest BCUT2D eigenvalue weighted by Gasteiger charge is 2.25. The largest absolute Gasteiger partial charge is 0.379 e. The maximum atomic E-state index is 12.6. The van der Waals surface area contributed by atoms with Crippen LogP contribution in [-0.4, -0.2) is 51.5 Å². The number of aliphatic imine (C=N–C) groups is 1. The number of nitrogens with two attached hydrogens (primary N) is 1. The lowest BCUT2D eigenvalue weighted by Gasteiger charge is -2.26. The van der Waals surface area contributed by atoms with Gasteiger partial charge in [0.2, 0.25) is 10.0 Å². The minimum atomic E-state index is -3.36. The van der Waals surface area contributed by atoms with Crippen LogP contribution in [0.2, 0.25) is 0 Å². The highest BCUT2D eigenvalue weighted by atomic mass is 127. The van der Waals surface area contributed by atoms with Crippen molar-refractivity contribution >= 4 is 40.0 Å². The molecule has 9 heteroatoms. The summed E-state index contributed by atoms with van der Waals surface area (Å²) in [7, 11) is -3.36. The van der Waals surface area contributed by atoms with Crippen LogP contribution in [0.25, 0.3) is 0 Å². The Morgan fingerprint density at radius 2 is 1.92 bits per heavy atom. The van der Waals surface area contributed by atoms with Gasteiger partial charge < -0.3 is 15.8 Å². The number of ether oxygens (including phenoxy) is 1. The summed E-state index contributed by atoms with van der Waals surface area (Å²) in [5.41, 5.74) is 7.49. The SMILES string of the molecule is CCCCNC(N)=NCc1ccccc1CS(=O)(=O)N1CCOCC1.I. The number of halogens is 1. The van der Waals surface area contributed by atoms with Crippen molar-refractivity contribution in [3.63, 3.8) is 0 Å². The number of guanidine groups is 1. The molecule has 148 valence electrons. The Hall–Kier alpha value is -0.910. The Kier molecular flexibility index (Phi) is 10.4. The van der Waals surface area contributed by atoms with Gasteiger partial charge in [0, 0.05) is 19.6 Å². The van der Waals surface area contributed by atoms with Gasteiger partial charge in [-0.25, -0.2) is 13.4 Å². The number of hydrogen-bond donors (Lipinski definition) is 2. The lowest BCUT2D eigenvalue weighted by molar-refractivity contribution is 0.0729. The van der Waals surface area contributed by atoms with Crippen LogP contribution in [0.15, 0.2) is 29.3 Å². The second-order valence-corrected chi connectivity index (χ2v) is 7.99. The number of sulfonamides is 1. The van der Waals surface area contributed by atoms with E-state index in [9.17, 15) is 8.42 Å². The van der Waals surface area contributed by atoms with E-state index in [0.717, 1.165) is 30.5 Å². The monoisotopic (exact) mass is 496 g/mol. The first-order valence-corrected chi connectivity index (χ1v) is 10.3. The number of morpholine rings is 1. The fourth-order valence-corrected chi connectivity index (χ4v) is 4.15. The number of benzene rings is 1. The Balaban J connectivity index is 0.00000338. The van der Waals surface area contributed by atoms with Crippen molar-refractivity contribution in [1.29, 1.82) is 0 Å². The van der Waals surface area contributed by atoms with Crippen molar-refractivity contribution < 1.29 is 13.2 Å². The van der Waals surface area contributed by atoms with Gasteiger partial charge in [-0.15, -0.1) is 24.0 Å². The van der Waals surface area contributed by atoms with Crippen LogP contribution in [0.1, 0.15) is 30.9 Å². The van der Waals surface area contributed by atoms with E-state index in [2.05, 4.69) is 17.2 Å². The van der Waals surface area contributed by atoms with Crippen LogP contribution in [-0.2, 0) is 27.1 Å². The number of rotatable bonds is 8. The minimum Gasteiger partial charge on any atom is -0.379 e. The molecule has 0 amide bonds. The fraction of sp³-hybridized carbons (Fsp3) is 0.588. The van der Waals surface area contributed by atoms with Crippen molar-refractivity contribution in [2.45, 2.75) is 32.1 Å². The Bertz CT molecular complexity index is 676. The van der Waals surface area contributed by atoms with Crippen LogP contribution in [0.5, 0.6) is 0 Å². The first kappa shape index (κ1) is 23.1. The van der Waals surface area contributed by atoms with E-state index in [1.807, 2.05) is 24.3 Å². The molecule has 0 spiro atoms. The third kappa shape index (κ3) is 7.37. The van der Waals surface area contributed by atoms with Crippen LogP contribution in [0.3, 0.4) is 0 Å². The third-order valence-electron chi connectivity index (χ3n) is 4.08. The molecule has 0 atom stereocenters. The van der Waals surface area contributed by atoms with E-state index in [4.69, 9.17) is 10.5 Å². The molecule has 1 aliphatic rings. The molecule has 1 aromatic rings. The average molecular weight is 496 g/mol. The van der Waals surface area contributed by atoms with Gasteiger partial charge in [-0.1, -0.05) is 37.6 Å². The number of nitrogens with zero attached hydrogens (tertiary/aromatic N) is 2. The summed E-state index contributed by atoms with van der Waals surface area (Å²) >= 11 is 0. The molecule has 3 N–H and O–H groups in total. The summed E-state index contributed by atoms with van der Waals surface area (Å²) in [6.07, 6.45) is 2.12. The molecule has 0 aromatic heterocycles. The van der Waals surface area contributed by atoms with Crippen molar-refractivity contribution in [1.82, 2.24) is 9.62 Å². The van der Waals surface area contributed by atoms with Gasteiger partial charge in [-0.3, -0.25) is 0 Å². The maximum Gasteiger partial charge on any atom is 0.218 e. The number of unbranched alkanes of at least 4 members (excludes halogenated alkanes) is 1. The first-order chi connectivity index (χ1) is 12.0. The fourth-order valence-electron chi connectivity index (χ4n) is 2.58. The minimum absolute atomic E-state index is 0. The second-order valence-electron chi connectivity index (χ2n) is 6.02. The average Bonchev–Trinajstić information content (AvgIpc) is 2.62. The quantitative estimate of drug-likeness (QED) is 0.247. The zero-order valence-corrected chi connectivity index (χ0v) is 18.3. The van der Waals surface area contributed by atoms with Gasteiger partial charge in [-0.05, 0) is 17.5 Å². The number of nitrogens with one attached hydrogen (secondary N) is 1. The molecular weight excluding hydrogens is 467 g/mol. The molecular formula is C17H29IN4O3S. The third-order valence-corrected chi connectivity index (χ3v) is 5.90. The lowest BCUT2D eigenvalue weighted by Crippen LogP contribution is -2.41. The summed E-state index contributed by atoms with van der Waals surface area (Å²) in [5.74, 6) is 0.362. The molecule has 1 aromatic carbocycles. The van der Waals surface area contributed by atoms with Gasteiger partial charge in [0.05, 0.1) is 25.5 Å². The van der Waals surface area contributed by atoms with Crippen molar-refractivity contribution in [3.05, 3.63) is 35.4 Å². The summed E-state index contributed by atoms with van der Waals surface area (Å²) < 4.78 is 32.0. The lowest BCUT2D eigenvalue weighted by atomic mass is 10.1. The highest BCUT2D eigenvalue weighted by Crippen LogP contribution is 2.17. The molecule has 0 radical (unpaired) electrons. The molecule has 0 bridgehead atoms. The van der Waals surface area contributed by atoms with Gasteiger partial charge in [-0.2, -0.15) is 4.31 Å². The maximum absolute atomic E-state index is 12.6. The molecule has 1 fully saturated rings. The zero-order valence-electron chi connectivity index (χ0n) is 15.2. The highest BCUT2D eigenvalue weighted by molar-refractivity contribution is 14.0. The van der Waals surface area contributed by atoms with Crippen molar-refractivity contribution in [3.8, 4) is 0 Å². The van der Waals surface area contributed by atoms with Crippen LogP contribution in [0, 0.1) is 0 Å².